The summed E-state index contributed by atoms with van der Waals surface area (Å²) < 4.78 is 5.88. The third-order valence-corrected chi connectivity index (χ3v) is 6.18. The van der Waals surface area contributed by atoms with Gasteiger partial charge in [0.15, 0.2) is 5.78 Å². The maximum Gasteiger partial charge on any atom is 0.255 e. The lowest BCUT2D eigenvalue weighted by atomic mass is 9.92. The van der Waals surface area contributed by atoms with E-state index in [1.165, 1.54) is 11.3 Å². The van der Waals surface area contributed by atoms with Crippen LogP contribution in [-0.2, 0) is 0 Å². The highest BCUT2D eigenvalue weighted by atomic mass is 32.1. The van der Waals surface area contributed by atoms with Crippen LogP contribution in [0.4, 0.5) is 5.69 Å². The molecule has 2 aromatic heterocycles. The fraction of sp³-hybridized carbons (Fsp3) is 0.154. The number of rotatable bonds is 4. The fourth-order valence-electron chi connectivity index (χ4n) is 3.77. The molecule has 1 aliphatic heterocycles. The number of fused-ring (bicyclic) bond motifs is 1. The smallest absolute Gasteiger partial charge is 0.255 e. The number of hydrogen-bond acceptors (Lipinski definition) is 6. The first kappa shape index (κ1) is 21.0. The van der Waals surface area contributed by atoms with Crippen LogP contribution in [0.1, 0.15) is 41.0 Å². The van der Waals surface area contributed by atoms with Gasteiger partial charge in [-0.05, 0) is 56.3 Å². The van der Waals surface area contributed by atoms with Gasteiger partial charge in [-0.25, -0.2) is 4.98 Å². The average Bonchev–Trinajstić information content (AvgIpc) is 3.29. The van der Waals surface area contributed by atoms with Crippen molar-refractivity contribution in [3.8, 4) is 27.7 Å². The van der Waals surface area contributed by atoms with Gasteiger partial charge in [-0.1, -0.05) is 18.2 Å². The SMILES string of the molecule is CC1(C)CC(=O)c2cc(C(=O)Nc3cccc(-c4csc(-c5ccccn5)n4)c3)ccc2O1. The number of ketones is 1. The highest BCUT2D eigenvalue weighted by Crippen LogP contribution is 2.34. The molecule has 4 aromatic rings. The van der Waals surface area contributed by atoms with Crippen LogP contribution in [0.5, 0.6) is 5.75 Å². The number of anilines is 1. The van der Waals surface area contributed by atoms with E-state index >= 15 is 0 Å². The summed E-state index contributed by atoms with van der Waals surface area (Å²) in [5.41, 5.74) is 3.49. The van der Waals surface area contributed by atoms with Gasteiger partial charge < -0.3 is 10.1 Å². The Balaban J connectivity index is 1.36. The molecular formula is C26H21N3O3S. The summed E-state index contributed by atoms with van der Waals surface area (Å²) in [6.07, 6.45) is 2.02. The quantitative estimate of drug-likeness (QED) is 0.416. The normalized spacial score (nSPS) is 14.3. The Morgan fingerprint density at radius 2 is 1.94 bits per heavy atom. The molecule has 0 aliphatic carbocycles. The maximum atomic E-state index is 12.9. The third kappa shape index (κ3) is 4.40. The molecule has 1 amide bonds. The van der Waals surface area contributed by atoms with E-state index in [0.29, 0.717) is 22.6 Å². The largest absolute Gasteiger partial charge is 0.487 e. The topological polar surface area (TPSA) is 81.2 Å². The molecule has 0 saturated heterocycles. The van der Waals surface area contributed by atoms with E-state index in [0.717, 1.165) is 22.0 Å². The molecule has 5 rings (SSSR count). The number of hydrogen-bond donors (Lipinski definition) is 1. The summed E-state index contributed by atoms with van der Waals surface area (Å²) in [6, 6.07) is 18.2. The van der Waals surface area contributed by atoms with Gasteiger partial charge in [-0.15, -0.1) is 11.3 Å². The first-order valence-electron chi connectivity index (χ1n) is 10.5. The number of nitrogens with zero attached hydrogens (tertiary/aromatic N) is 2. The highest BCUT2D eigenvalue weighted by molar-refractivity contribution is 7.13. The van der Waals surface area contributed by atoms with Gasteiger partial charge >= 0.3 is 0 Å². The first-order valence-corrected chi connectivity index (χ1v) is 11.4. The molecule has 0 spiro atoms. The van der Waals surface area contributed by atoms with Crippen LogP contribution in [0.3, 0.4) is 0 Å². The Morgan fingerprint density at radius 3 is 2.76 bits per heavy atom. The Morgan fingerprint density at radius 1 is 1.06 bits per heavy atom. The zero-order valence-corrected chi connectivity index (χ0v) is 19.0. The van der Waals surface area contributed by atoms with Crippen LogP contribution in [0, 0.1) is 0 Å². The number of pyridine rings is 1. The number of aromatic nitrogens is 2. The van der Waals surface area contributed by atoms with Crippen LogP contribution in [0.25, 0.3) is 22.0 Å². The molecule has 0 fully saturated rings. The molecule has 6 nitrogen and oxygen atoms in total. The van der Waals surface area contributed by atoms with Gasteiger partial charge in [-0.2, -0.15) is 0 Å². The maximum absolute atomic E-state index is 12.9. The van der Waals surface area contributed by atoms with E-state index in [2.05, 4.69) is 15.3 Å². The Hall–Kier alpha value is -3.84. The zero-order chi connectivity index (χ0) is 23.0. The lowest BCUT2D eigenvalue weighted by molar-refractivity contribution is 0.0620. The lowest BCUT2D eigenvalue weighted by Crippen LogP contribution is -2.36. The van der Waals surface area contributed by atoms with E-state index < -0.39 is 5.60 Å². The summed E-state index contributed by atoms with van der Waals surface area (Å²) in [5, 5.41) is 5.73. The Bertz CT molecular complexity index is 1360. The minimum Gasteiger partial charge on any atom is -0.487 e. The predicted octanol–water partition coefficient (Wildman–Crippen LogP) is 5.87. The number of carbonyl (C=O) groups excluding carboxylic acids is 2. The van der Waals surface area contributed by atoms with Crippen molar-refractivity contribution in [2.45, 2.75) is 25.9 Å². The molecule has 0 saturated carbocycles. The monoisotopic (exact) mass is 455 g/mol. The van der Waals surface area contributed by atoms with E-state index in [-0.39, 0.29) is 18.1 Å². The van der Waals surface area contributed by atoms with Crippen molar-refractivity contribution < 1.29 is 14.3 Å². The zero-order valence-electron chi connectivity index (χ0n) is 18.2. The van der Waals surface area contributed by atoms with Gasteiger partial charge in [0.2, 0.25) is 0 Å². The van der Waals surface area contributed by atoms with Crippen molar-refractivity contribution in [3.05, 3.63) is 83.4 Å². The molecule has 7 heteroatoms. The van der Waals surface area contributed by atoms with Crippen molar-refractivity contribution in [1.82, 2.24) is 9.97 Å². The van der Waals surface area contributed by atoms with Crippen LogP contribution >= 0.6 is 11.3 Å². The van der Waals surface area contributed by atoms with Crippen LogP contribution in [0.2, 0.25) is 0 Å². The molecule has 164 valence electrons. The second kappa shape index (κ2) is 8.26. The van der Waals surface area contributed by atoms with Crippen molar-refractivity contribution in [2.24, 2.45) is 0 Å². The van der Waals surface area contributed by atoms with Crippen LogP contribution in [0.15, 0.2) is 72.2 Å². The number of amides is 1. The first-order chi connectivity index (χ1) is 15.9. The van der Waals surface area contributed by atoms with Gasteiger partial charge in [0.25, 0.3) is 5.91 Å². The molecule has 0 radical (unpaired) electrons. The summed E-state index contributed by atoms with van der Waals surface area (Å²) in [4.78, 5) is 34.4. The van der Waals surface area contributed by atoms with Crippen molar-refractivity contribution in [2.75, 3.05) is 5.32 Å². The standard InChI is InChI=1S/C26H21N3O3S/c1-26(2)14-22(30)19-13-17(9-10-23(19)32-26)24(31)28-18-7-5-6-16(12-18)21-15-33-25(29-21)20-8-3-4-11-27-20/h3-13,15H,14H2,1-2H3,(H,28,31). The van der Waals surface area contributed by atoms with Crippen molar-refractivity contribution >= 4 is 28.7 Å². The molecule has 0 atom stereocenters. The van der Waals surface area contributed by atoms with Gasteiger partial charge in [0, 0.05) is 28.4 Å². The minimum atomic E-state index is -0.541. The molecule has 3 heterocycles. The number of carbonyl (C=O) groups is 2. The lowest BCUT2D eigenvalue weighted by Gasteiger charge is -2.31. The highest BCUT2D eigenvalue weighted by Gasteiger charge is 2.32. The third-order valence-electron chi connectivity index (χ3n) is 5.32. The number of ether oxygens (including phenoxy) is 1. The number of Topliss-reactive ketones (excluding diaryl/α,β-unsaturated/α-hetero) is 1. The second-order valence-electron chi connectivity index (χ2n) is 8.46. The van der Waals surface area contributed by atoms with Gasteiger partial charge in [0.05, 0.1) is 23.4 Å². The molecule has 0 bridgehead atoms. The van der Waals surface area contributed by atoms with Gasteiger partial charge in [-0.3, -0.25) is 14.6 Å². The number of benzene rings is 2. The van der Waals surface area contributed by atoms with Crippen molar-refractivity contribution in [3.63, 3.8) is 0 Å². The molecule has 1 N–H and O–H groups in total. The molecular weight excluding hydrogens is 434 g/mol. The summed E-state index contributed by atoms with van der Waals surface area (Å²) >= 11 is 1.52. The molecule has 33 heavy (non-hydrogen) atoms. The van der Waals surface area contributed by atoms with Gasteiger partial charge in [0.1, 0.15) is 16.4 Å². The van der Waals surface area contributed by atoms with Crippen LogP contribution < -0.4 is 10.1 Å². The molecule has 2 aromatic carbocycles. The number of nitrogens with one attached hydrogen (secondary N) is 1. The summed E-state index contributed by atoms with van der Waals surface area (Å²) in [7, 11) is 0. The van der Waals surface area contributed by atoms with E-state index in [9.17, 15) is 9.59 Å². The Kier molecular flexibility index (Phi) is 5.26. The minimum absolute atomic E-state index is 0.0230. The fourth-order valence-corrected chi connectivity index (χ4v) is 4.57. The van der Waals surface area contributed by atoms with Crippen LogP contribution in [-0.4, -0.2) is 27.3 Å². The predicted molar refractivity (Wildman–Crippen MR) is 129 cm³/mol. The van der Waals surface area contributed by atoms with Crippen molar-refractivity contribution in [1.29, 1.82) is 0 Å². The molecule has 1 aliphatic rings. The average molecular weight is 456 g/mol. The summed E-state index contributed by atoms with van der Waals surface area (Å²) in [6.45, 7) is 3.76. The van der Waals surface area contributed by atoms with E-state index in [1.54, 1.807) is 24.4 Å². The van der Waals surface area contributed by atoms with E-state index in [4.69, 9.17) is 4.74 Å². The second-order valence-corrected chi connectivity index (χ2v) is 9.32. The summed E-state index contributed by atoms with van der Waals surface area (Å²) in [5.74, 6) is 0.201. The van der Waals surface area contributed by atoms with E-state index in [1.807, 2.05) is 61.7 Å². The molecule has 0 unspecified atom stereocenters. The number of thiazole rings is 1. The Labute approximate surface area is 195 Å².